The molecule has 3 rings (SSSR count). The Kier molecular flexibility index (Phi) is 4.18. The molecule has 0 amide bonds. The lowest BCUT2D eigenvalue weighted by Gasteiger charge is -1.93. The van der Waals surface area contributed by atoms with Crippen molar-refractivity contribution in [3.8, 4) is 0 Å². The normalized spacial score (nSPS) is 12.1. The van der Waals surface area contributed by atoms with Crippen molar-refractivity contribution >= 4 is 32.6 Å². The third kappa shape index (κ3) is 3.42. The molecule has 0 saturated carbocycles. The zero-order chi connectivity index (χ0) is 14.5. The molecule has 21 heavy (non-hydrogen) atoms. The van der Waals surface area contributed by atoms with Crippen LogP contribution in [0.1, 0.15) is 5.56 Å². The summed E-state index contributed by atoms with van der Waals surface area (Å²) in [6, 6.07) is 19.2. The van der Waals surface area contributed by atoms with Crippen LogP contribution in [0.15, 0.2) is 75.6 Å². The predicted molar refractivity (Wildman–Crippen MR) is 87.6 cm³/mol. The summed E-state index contributed by atoms with van der Waals surface area (Å²) in [5.41, 5.74) is 1.74. The van der Waals surface area contributed by atoms with Gasteiger partial charge in [-0.05, 0) is 38.4 Å². The molecule has 4 nitrogen and oxygen atoms in total. The van der Waals surface area contributed by atoms with Gasteiger partial charge in [0.1, 0.15) is 0 Å². The van der Waals surface area contributed by atoms with Gasteiger partial charge in [-0.15, -0.1) is 0 Å². The number of para-hydroxylation sites is 1. The van der Waals surface area contributed by atoms with E-state index in [0.29, 0.717) is 4.80 Å². The van der Waals surface area contributed by atoms with Gasteiger partial charge in [-0.2, -0.15) is 9.78 Å². The lowest BCUT2D eigenvalue weighted by atomic mass is 10.2. The van der Waals surface area contributed by atoms with Crippen LogP contribution in [0.25, 0.3) is 0 Å². The van der Waals surface area contributed by atoms with E-state index in [4.69, 9.17) is 0 Å². The molecule has 0 radical (unpaired) electrons. The fourth-order valence-electron chi connectivity index (χ4n) is 1.66. The van der Waals surface area contributed by atoms with Crippen LogP contribution >= 0.6 is 20.7 Å². The molecule has 0 spiro atoms. The SMILES string of the molecule is O=c1ssc(=Nc2ccccc2)n1/N=C/c1ccccc1. The topological polar surface area (TPSA) is 46.7 Å². The smallest absolute Gasteiger partial charge is 0.254 e. The van der Waals surface area contributed by atoms with Crippen molar-refractivity contribution in [2.45, 2.75) is 0 Å². The third-order valence-electron chi connectivity index (χ3n) is 2.64. The monoisotopic (exact) mass is 313 g/mol. The Balaban J connectivity index is 2.01. The Bertz CT molecular complexity index is 861. The summed E-state index contributed by atoms with van der Waals surface area (Å²) in [6.45, 7) is 0. The maximum atomic E-state index is 11.9. The first-order chi connectivity index (χ1) is 10.3. The molecule has 0 aliphatic carbocycles. The van der Waals surface area contributed by atoms with Gasteiger partial charge >= 0.3 is 4.87 Å². The van der Waals surface area contributed by atoms with Crippen LogP contribution in [0.5, 0.6) is 0 Å². The molecular weight excluding hydrogens is 302 g/mol. The van der Waals surface area contributed by atoms with Gasteiger partial charge in [0.15, 0.2) is 0 Å². The first-order valence-corrected chi connectivity index (χ1v) is 8.39. The van der Waals surface area contributed by atoms with E-state index in [1.54, 1.807) is 6.21 Å². The number of rotatable bonds is 3. The standard InChI is InChI=1S/C15H11N3OS2/c19-15-18(16-11-12-7-3-1-4-8-12)14(20-21-15)17-13-9-5-2-6-10-13/h1-11H/b16-11+,17-14?. The summed E-state index contributed by atoms with van der Waals surface area (Å²) < 4.78 is 1.33. The van der Waals surface area contributed by atoms with E-state index in [9.17, 15) is 4.79 Å². The van der Waals surface area contributed by atoms with Crippen molar-refractivity contribution in [1.82, 2.24) is 4.68 Å². The molecule has 0 saturated heterocycles. The number of benzene rings is 2. The van der Waals surface area contributed by atoms with Crippen LogP contribution in [0.3, 0.4) is 0 Å². The highest BCUT2D eigenvalue weighted by molar-refractivity contribution is 7.67. The minimum Gasteiger partial charge on any atom is -0.254 e. The molecule has 0 bridgehead atoms. The summed E-state index contributed by atoms with van der Waals surface area (Å²) >= 11 is 0. The Morgan fingerprint density at radius 1 is 0.905 bits per heavy atom. The van der Waals surface area contributed by atoms with E-state index in [0.717, 1.165) is 21.6 Å². The highest BCUT2D eigenvalue weighted by Gasteiger charge is 2.01. The van der Waals surface area contributed by atoms with Gasteiger partial charge < -0.3 is 0 Å². The molecule has 0 N–H and O–H groups in total. The minimum absolute atomic E-state index is 0.137. The number of aromatic nitrogens is 1. The van der Waals surface area contributed by atoms with Crippen molar-refractivity contribution in [2.24, 2.45) is 10.1 Å². The predicted octanol–water partition coefficient (Wildman–Crippen LogP) is 3.09. The molecule has 0 aliphatic rings. The maximum absolute atomic E-state index is 11.9. The molecule has 0 atom stereocenters. The van der Waals surface area contributed by atoms with Gasteiger partial charge in [0.2, 0.25) is 4.80 Å². The molecule has 6 heteroatoms. The lowest BCUT2D eigenvalue weighted by Crippen LogP contribution is -2.20. The van der Waals surface area contributed by atoms with Crippen molar-refractivity contribution in [1.29, 1.82) is 0 Å². The Hall–Kier alpha value is -2.31. The first kappa shape index (κ1) is 13.7. The molecule has 1 aromatic heterocycles. The van der Waals surface area contributed by atoms with Crippen LogP contribution in [0, 0.1) is 0 Å². The summed E-state index contributed by atoms with van der Waals surface area (Å²) in [4.78, 5) is 16.8. The first-order valence-electron chi connectivity index (χ1n) is 6.24. The van der Waals surface area contributed by atoms with Crippen LogP contribution in [0.2, 0.25) is 0 Å². The van der Waals surface area contributed by atoms with Crippen molar-refractivity contribution < 1.29 is 0 Å². The van der Waals surface area contributed by atoms with E-state index in [2.05, 4.69) is 10.1 Å². The van der Waals surface area contributed by atoms with Gasteiger partial charge in [0.25, 0.3) is 0 Å². The largest absolute Gasteiger partial charge is 0.340 e. The molecule has 2 aromatic carbocycles. The van der Waals surface area contributed by atoms with Crippen LogP contribution in [-0.2, 0) is 0 Å². The average Bonchev–Trinajstić information content (AvgIpc) is 2.87. The van der Waals surface area contributed by atoms with E-state index in [1.165, 1.54) is 15.0 Å². The van der Waals surface area contributed by atoms with E-state index in [1.807, 2.05) is 60.7 Å². The molecule has 0 aliphatic heterocycles. The molecule has 0 fully saturated rings. The fraction of sp³-hybridized carbons (Fsp3) is 0. The molecule has 3 aromatic rings. The Labute approximate surface area is 128 Å². The van der Waals surface area contributed by atoms with E-state index < -0.39 is 0 Å². The Morgan fingerprint density at radius 3 is 2.29 bits per heavy atom. The second-order valence-corrected chi connectivity index (χ2v) is 6.18. The summed E-state index contributed by atoms with van der Waals surface area (Å²) in [6.07, 6.45) is 1.66. The molecule has 104 valence electrons. The van der Waals surface area contributed by atoms with Gasteiger partial charge in [-0.25, -0.2) is 4.99 Å². The van der Waals surface area contributed by atoms with Crippen LogP contribution in [0.4, 0.5) is 5.69 Å². The Morgan fingerprint density at radius 2 is 1.57 bits per heavy atom. The van der Waals surface area contributed by atoms with Gasteiger partial charge in [0, 0.05) is 0 Å². The second-order valence-electron chi connectivity index (χ2n) is 4.13. The maximum Gasteiger partial charge on any atom is 0.340 e. The quantitative estimate of drug-likeness (QED) is 0.541. The summed E-state index contributed by atoms with van der Waals surface area (Å²) in [5, 5.41) is 4.24. The summed E-state index contributed by atoms with van der Waals surface area (Å²) in [7, 11) is 2.44. The lowest BCUT2D eigenvalue weighted by molar-refractivity contribution is 0.821. The van der Waals surface area contributed by atoms with Gasteiger partial charge in [0.05, 0.1) is 11.9 Å². The van der Waals surface area contributed by atoms with Crippen molar-refractivity contribution in [2.75, 3.05) is 0 Å². The van der Waals surface area contributed by atoms with E-state index >= 15 is 0 Å². The second kappa shape index (κ2) is 6.43. The molecule has 0 unspecified atom stereocenters. The van der Waals surface area contributed by atoms with Crippen LogP contribution < -0.4 is 9.67 Å². The molecule has 1 heterocycles. The minimum atomic E-state index is -0.137. The summed E-state index contributed by atoms with van der Waals surface area (Å²) in [5.74, 6) is 0. The number of nitrogens with zero attached hydrogens (tertiary/aromatic N) is 3. The fourth-order valence-corrected chi connectivity index (χ4v) is 3.38. The van der Waals surface area contributed by atoms with Crippen molar-refractivity contribution in [3.05, 3.63) is 80.7 Å². The zero-order valence-electron chi connectivity index (χ0n) is 10.9. The third-order valence-corrected chi connectivity index (χ3v) is 4.58. The average molecular weight is 313 g/mol. The van der Waals surface area contributed by atoms with Crippen LogP contribution in [-0.4, -0.2) is 10.9 Å². The van der Waals surface area contributed by atoms with Crippen molar-refractivity contribution in [3.63, 3.8) is 0 Å². The number of hydrogen-bond donors (Lipinski definition) is 0. The van der Waals surface area contributed by atoms with E-state index in [-0.39, 0.29) is 4.87 Å². The van der Waals surface area contributed by atoms with Gasteiger partial charge in [-0.1, -0.05) is 48.5 Å². The molecular formula is C15H11N3OS2. The zero-order valence-corrected chi connectivity index (χ0v) is 12.6. The highest BCUT2D eigenvalue weighted by Crippen LogP contribution is 2.09. The van der Waals surface area contributed by atoms with Gasteiger partial charge in [-0.3, -0.25) is 4.79 Å². The highest BCUT2D eigenvalue weighted by atomic mass is 32.9. The number of hydrogen-bond acceptors (Lipinski definition) is 5.